The number of halogens is 1. The van der Waals surface area contributed by atoms with Gasteiger partial charge in [0, 0.05) is 11.2 Å². The third kappa shape index (κ3) is 6.50. The maximum atomic E-state index is 10.2. The summed E-state index contributed by atoms with van der Waals surface area (Å²) in [7, 11) is 0. The Kier molecular flexibility index (Phi) is 6.80. The van der Waals surface area contributed by atoms with Gasteiger partial charge in [-0.2, -0.15) is 0 Å². The molecular weight excluding hydrogens is 326 g/mol. The van der Waals surface area contributed by atoms with E-state index in [1.807, 2.05) is 42.5 Å². The maximum absolute atomic E-state index is 10.2. The molecule has 1 heterocycles. The van der Waals surface area contributed by atoms with Crippen molar-refractivity contribution >= 4 is 17.6 Å². The summed E-state index contributed by atoms with van der Waals surface area (Å²) < 4.78 is 5.51. The molecule has 0 spiro atoms. The summed E-state index contributed by atoms with van der Waals surface area (Å²) in [6.07, 6.45) is 3.48. The van der Waals surface area contributed by atoms with Crippen LogP contribution in [0.25, 0.3) is 0 Å². The molecule has 0 aliphatic heterocycles. The molecule has 24 heavy (non-hydrogen) atoms. The third-order valence-electron chi connectivity index (χ3n) is 2.88. The molecule has 5 heteroatoms. The van der Waals surface area contributed by atoms with Crippen molar-refractivity contribution in [3.05, 3.63) is 89.7 Å². The van der Waals surface area contributed by atoms with Crippen LogP contribution < -0.4 is 4.74 Å². The lowest BCUT2D eigenvalue weighted by molar-refractivity contribution is -0.136. The molecule has 0 atom stereocenters. The Morgan fingerprint density at radius 2 is 1.67 bits per heavy atom. The van der Waals surface area contributed by atoms with E-state index < -0.39 is 5.97 Å². The first-order valence-electron chi connectivity index (χ1n) is 7.22. The molecule has 0 aliphatic carbocycles. The molecule has 0 unspecified atom stereocenters. The molecule has 0 aliphatic rings. The van der Waals surface area contributed by atoms with Crippen molar-refractivity contribution in [1.29, 1.82) is 0 Å². The van der Waals surface area contributed by atoms with E-state index in [0.29, 0.717) is 5.02 Å². The smallest absolute Gasteiger partial charge is 0.307 e. The number of carboxylic acids is 1. The topological polar surface area (TPSA) is 59.4 Å². The number of carbonyl (C=O) groups is 1. The highest BCUT2D eigenvalue weighted by molar-refractivity contribution is 6.30. The second kappa shape index (κ2) is 9.33. The average Bonchev–Trinajstić information content (AvgIpc) is 2.59. The van der Waals surface area contributed by atoms with Crippen molar-refractivity contribution in [3.63, 3.8) is 0 Å². The fourth-order valence-electron chi connectivity index (χ4n) is 1.82. The van der Waals surface area contributed by atoms with Crippen LogP contribution in [0.2, 0.25) is 5.02 Å². The average molecular weight is 342 g/mol. The van der Waals surface area contributed by atoms with E-state index in [2.05, 4.69) is 4.98 Å². The summed E-state index contributed by atoms with van der Waals surface area (Å²) in [5.41, 5.74) is 0.843. The summed E-state index contributed by atoms with van der Waals surface area (Å²) in [5, 5.41) is 9.06. The molecule has 0 saturated heterocycles. The fourth-order valence-corrected chi connectivity index (χ4v) is 1.94. The lowest BCUT2D eigenvalue weighted by atomic mass is 10.2. The molecule has 122 valence electrons. The van der Waals surface area contributed by atoms with E-state index in [-0.39, 0.29) is 6.42 Å². The van der Waals surface area contributed by atoms with Gasteiger partial charge in [-0.1, -0.05) is 41.9 Å². The van der Waals surface area contributed by atoms with Gasteiger partial charge in [-0.25, -0.2) is 0 Å². The first-order valence-corrected chi connectivity index (χ1v) is 7.60. The molecule has 0 saturated carbocycles. The van der Waals surface area contributed by atoms with Crippen molar-refractivity contribution in [2.45, 2.75) is 6.42 Å². The predicted molar refractivity (Wildman–Crippen MR) is 93.5 cm³/mol. The van der Waals surface area contributed by atoms with Crippen LogP contribution in [0.5, 0.6) is 11.5 Å². The molecule has 3 aromatic rings. The Bertz CT molecular complexity index is 747. The van der Waals surface area contributed by atoms with E-state index >= 15 is 0 Å². The molecule has 0 fully saturated rings. The van der Waals surface area contributed by atoms with Crippen molar-refractivity contribution in [3.8, 4) is 11.5 Å². The van der Waals surface area contributed by atoms with E-state index in [9.17, 15) is 4.79 Å². The number of nitrogens with zero attached hydrogens (tertiary/aromatic N) is 1. The number of benzene rings is 2. The number of pyridine rings is 1. The van der Waals surface area contributed by atoms with Gasteiger partial charge in [0.15, 0.2) is 0 Å². The Balaban J connectivity index is 0.000000185. The number of aliphatic carboxylic acids is 1. The van der Waals surface area contributed by atoms with Crippen LogP contribution in [0.4, 0.5) is 0 Å². The Morgan fingerprint density at radius 3 is 2.25 bits per heavy atom. The number of rotatable bonds is 4. The van der Waals surface area contributed by atoms with Crippen LogP contribution in [-0.4, -0.2) is 16.1 Å². The highest BCUT2D eigenvalue weighted by Gasteiger charge is 1.97. The molecule has 1 aromatic heterocycles. The standard InChI is InChI=1S/C11H8ClNO.C8H8O2/c12-9-3-5-10(6-4-9)14-11-2-1-7-13-8-11;9-8(10)6-7-4-2-1-3-5-7/h1-8H;1-5H,6H2,(H,9,10). The van der Waals surface area contributed by atoms with Crippen LogP contribution in [0, 0.1) is 0 Å². The lowest BCUT2D eigenvalue weighted by Crippen LogP contribution is -1.98. The second-order valence-corrected chi connectivity index (χ2v) is 5.24. The summed E-state index contributed by atoms with van der Waals surface area (Å²) in [4.78, 5) is 14.1. The minimum atomic E-state index is -0.786. The monoisotopic (exact) mass is 341 g/mol. The normalized spacial score (nSPS) is 9.54. The lowest BCUT2D eigenvalue weighted by Gasteiger charge is -2.03. The van der Waals surface area contributed by atoms with Crippen molar-refractivity contribution in [1.82, 2.24) is 4.98 Å². The first kappa shape index (κ1) is 17.5. The fraction of sp³-hybridized carbons (Fsp3) is 0.0526. The maximum Gasteiger partial charge on any atom is 0.307 e. The molecule has 3 rings (SSSR count). The van der Waals surface area contributed by atoms with Gasteiger partial charge in [0.1, 0.15) is 11.5 Å². The van der Waals surface area contributed by atoms with Crippen molar-refractivity contribution in [2.24, 2.45) is 0 Å². The van der Waals surface area contributed by atoms with Gasteiger partial charge in [-0.15, -0.1) is 0 Å². The second-order valence-electron chi connectivity index (χ2n) is 4.80. The molecule has 4 nitrogen and oxygen atoms in total. The minimum absolute atomic E-state index is 0.112. The quantitative estimate of drug-likeness (QED) is 0.737. The zero-order chi connectivity index (χ0) is 17.2. The largest absolute Gasteiger partial charge is 0.481 e. The summed E-state index contributed by atoms with van der Waals surface area (Å²) >= 11 is 5.75. The van der Waals surface area contributed by atoms with Crippen molar-refractivity contribution in [2.75, 3.05) is 0 Å². The SMILES string of the molecule is Clc1ccc(Oc2cccnc2)cc1.O=C(O)Cc1ccccc1. The van der Waals surface area contributed by atoms with Crippen LogP contribution in [0.1, 0.15) is 5.56 Å². The minimum Gasteiger partial charge on any atom is -0.481 e. The van der Waals surface area contributed by atoms with Gasteiger partial charge >= 0.3 is 5.97 Å². The van der Waals surface area contributed by atoms with E-state index in [0.717, 1.165) is 17.1 Å². The predicted octanol–water partition coefficient (Wildman–Crippen LogP) is 4.84. The highest BCUT2D eigenvalue weighted by Crippen LogP contribution is 2.21. The molecule has 0 amide bonds. The van der Waals surface area contributed by atoms with Crippen molar-refractivity contribution < 1.29 is 14.6 Å². The number of hydrogen-bond donors (Lipinski definition) is 1. The van der Waals surface area contributed by atoms with E-state index in [1.165, 1.54) is 0 Å². The summed E-state index contributed by atoms with van der Waals surface area (Å²) in [5.74, 6) is 0.684. The Morgan fingerprint density at radius 1 is 0.958 bits per heavy atom. The number of carboxylic acid groups (broad SMARTS) is 1. The zero-order valence-corrected chi connectivity index (χ0v) is 13.6. The molecular formula is C19H16ClNO3. The number of aromatic nitrogens is 1. The van der Waals surface area contributed by atoms with Gasteiger partial charge in [0.05, 0.1) is 12.6 Å². The van der Waals surface area contributed by atoms with Crippen LogP contribution >= 0.6 is 11.6 Å². The Hall–Kier alpha value is -2.85. The number of ether oxygens (including phenoxy) is 1. The van der Waals surface area contributed by atoms with Gasteiger partial charge in [0.25, 0.3) is 0 Å². The van der Waals surface area contributed by atoms with E-state index in [1.54, 1.807) is 36.7 Å². The number of hydrogen-bond acceptors (Lipinski definition) is 3. The zero-order valence-electron chi connectivity index (χ0n) is 12.8. The summed E-state index contributed by atoms with van der Waals surface area (Å²) in [6, 6.07) is 20.0. The van der Waals surface area contributed by atoms with E-state index in [4.69, 9.17) is 21.4 Å². The molecule has 1 N–H and O–H groups in total. The summed E-state index contributed by atoms with van der Waals surface area (Å²) in [6.45, 7) is 0. The van der Waals surface area contributed by atoms with Crippen LogP contribution in [-0.2, 0) is 11.2 Å². The van der Waals surface area contributed by atoms with Gasteiger partial charge in [-0.05, 0) is 42.0 Å². The Labute approximate surface area is 145 Å². The highest BCUT2D eigenvalue weighted by atomic mass is 35.5. The molecule has 0 bridgehead atoms. The van der Waals surface area contributed by atoms with Crippen LogP contribution in [0.3, 0.4) is 0 Å². The first-order chi connectivity index (χ1) is 11.6. The van der Waals surface area contributed by atoms with Gasteiger partial charge in [-0.3, -0.25) is 9.78 Å². The molecule has 2 aromatic carbocycles. The van der Waals surface area contributed by atoms with Gasteiger partial charge < -0.3 is 9.84 Å². The van der Waals surface area contributed by atoms with Gasteiger partial charge in [0.2, 0.25) is 0 Å². The molecule has 0 radical (unpaired) electrons. The third-order valence-corrected chi connectivity index (χ3v) is 3.13. The van der Waals surface area contributed by atoms with Crippen LogP contribution in [0.15, 0.2) is 79.1 Å².